The van der Waals surface area contributed by atoms with Gasteiger partial charge in [0.25, 0.3) is 0 Å². The van der Waals surface area contributed by atoms with E-state index in [0.29, 0.717) is 33.6 Å². The number of urea groups is 1. The summed E-state index contributed by atoms with van der Waals surface area (Å²) in [5.41, 5.74) is 2.66. The molecule has 0 saturated carbocycles. The van der Waals surface area contributed by atoms with Crippen LogP contribution in [0.4, 0.5) is 10.5 Å². The number of likely N-dealkylation sites (N-methyl/N-ethyl adjacent to an activating group) is 1. The van der Waals surface area contributed by atoms with Crippen LogP contribution in [0, 0.1) is 6.92 Å². The van der Waals surface area contributed by atoms with Crippen molar-refractivity contribution in [3.05, 3.63) is 63.8 Å². The van der Waals surface area contributed by atoms with Gasteiger partial charge in [-0.2, -0.15) is 0 Å². The smallest absolute Gasteiger partial charge is 0.315 e. The Kier molecular flexibility index (Phi) is 9.57. The number of nitrogens with zero attached hydrogens (tertiary/aromatic N) is 2. The van der Waals surface area contributed by atoms with Gasteiger partial charge in [0.2, 0.25) is 5.91 Å². The molecule has 35 heavy (non-hydrogen) atoms. The number of fused-ring (bicyclic) bond motifs is 1. The molecule has 0 unspecified atom stereocenters. The summed E-state index contributed by atoms with van der Waals surface area (Å²) in [4.78, 5) is 30.6. The molecule has 0 aliphatic rings. The molecule has 1 heterocycles. The van der Waals surface area contributed by atoms with Crippen LogP contribution in [0.2, 0.25) is 10.0 Å². The van der Waals surface area contributed by atoms with Crippen LogP contribution in [0.1, 0.15) is 37.4 Å². The Morgan fingerprint density at radius 2 is 1.86 bits per heavy atom. The number of aromatic nitrogens is 1. The number of anilines is 1. The second kappa shape index (κ2) is 12.6. The topological polar surface area (TPSA) is 83.6 Å². The van der Waals surface area contributed by atoms with Gasteiger partial charge in [-0.05, 0) is 37.6 Å². The van der Waals surface area contributed by atoms with Crippen LogP contribution in [-0.4, -0.2) is 37.1 Å². The fourth-order valence-electron chi connectivity index (χ4n) is 3.51. The third-order valence-corrected chi connectivity index (χ3v) is 6.34. The lowest BCUT2D eigenvalue weighted by Crippen LogP contribution is -2.43. The number of hydrogen-bond acceptors (Lipinski definition) is 4. The average molecular weight is 517 g/mol. The van der Waals surface area contributed by atoms with E-state index in [9.17, 15) is 9.59 Å². The Morgan fingerprint density at radius 1 is 1.06 bits per heavy atom. The summed E-state index contributed by atoms with van der Waals surface area (Å²) in [6, 6.07) is 12.6. The first-order chi connectivity index (χ1) is 16.8. The van der Waals surface area contributed by atoms with E-state index in [1.807, 2.05) is 37.3 Å². The van der Waals surface area contributed by atoms with E-state index >= 15 is 0 Å². The lowest BCUT2D eigenvalue weighted by molar-refractivity contribution is -0.117. The van der Waals surface area contributed by atoms with Gasteiger partial charge in [-0.1, -0.05) is 61.2 Å². The van der Waals surface area contributed by atoms with Gasteiger partial charge in [0, 0.05) is 35.3 Å². The summed E-state index contributed by atoms with van der Waals surface area (Å²) in [7, 11) is 1.60. The number of ether oxygens (including phenoxy) is 1. The highest BCUT2D eigenvalue weighted by molar-refractivity contribution is 6.38. The first-order valence-electron chi connectivity index (χ1n) is 11.6. The third kappa shape index (κ3) is 6.99. The number of carbonyl (C=O) groups is 2. The number of para-hydroxylation sites is 1. The number of halogens is 2. The molecule has 0 fully saturated rings. The maximum absolute atomic E-state index is 12.7. The van der Waals surface area contributed by atoms with Gasteiger partial charge in [-0.25, -0.2) is 9.78 Å². The molecule has 186 valence electrons. The van der Waals surface area contributed by atoms with Crippen molar-refractivity contribution in [2.45, 2.75) is 39.7 Å². The number of benzene rings is 2. The molecule has 1 aromatic heterocycles. The lowest BCUT2D eigenvalue weighted by atomic mass is 10.1. The molecule has 0 aliphatic heterocycles. The Bertz CT molecular complexity index is 1200. The maximum atomic E-state index is 12.7. The van der Waals surface area contributed by atoms with Gasteiger partial charge >= 0.3 is 6.03 Å². The lowest BCUT2D eigenvalue weighted by Gasteiger charge is -2.21. The first-order valence-corrected chi connectivity index (χ1v) is 12.3. The average Bonchev–Trinajstić information content (AvgIpc) is 2.84. The SMILES string of the molecule is CCCCCNC(=O)NCC(=O)N(C)c1ccc(Cl)c(COc2cccc3ccc(C)nc23)c1Cl. The molecule has 9 heteroatoms. The van der Waals surface area contributed by atoms with Crippen molar-refractivity contribution < 1.29 is 14.3 Å². The number of amides is 3. The van der Waals surface area contributed by atoms with E-state index in [2.05, 4.69) is 22.5 Å². The Morgan fingerprint density at radius 3 is 2.63 bits per heavy atom. The molecule has 3 amide bonds. The van der Waals surface area contributed by atoms with Crippen molar-refractivity contribution in [2.24, 2.45) is 0 Å². The van der Waals surface area contributed by atoms with Crippen LogP contribution in [0.25, 0.3) is 10.9 Å². The summed E-state index contributed by atoms with van der Waals surface area (Å²) < 4.78 is 6.05. The minimum absolute atomic E-state index is 0.0979. The Hall–Kier alpha value is -3.03. The zero-order chi connectivity index (χ0) is 25.4. The molecule has 0 spiro atoms. The molecule has 7 nitrogen and oxygen atoms in total. The Labute approximate surface area is 215 Å². The molecule has 3 aromatic rings. The predicted octanol–water partition coefficient (Wildman–Crippen LogP) is 5.88. The van der Waals surface area contributed by atoms with Crippen LogP contribution in [0.3, 0.4) is 0 Å². The van der Waals surface area contributed by atoms with Crippen molar-refractivity contribution in [1.82, 2.24) is 15.6 Å². The highest BCUT2D eigenvalue weighted by atomic mass is 35.5. The number of rotatable bonds is 10. The second-order valence-corrected chi connectivity index (χ2v) is 8.98. The molecule has 0 radical (unpaired) electrons. The number of nitrogens with one attached hydrogen (secondary N) is 2. The molecular weight excluding hydrogens is 487 g/mol. The molecule has 2 N–H and O–H groups in total. The van der Waals surface area contributed by atoms with Crippen molar-refractivity contribution in [3.63, 3.8) is 0 Å². The zero-order valence-corrected chi connectivity index (χ0v) is 21.7. The maximum Gasteiger partial charge on any atom is 0.315 e. The van der Waals surface area contributed by atoms with Gasteiger partial charge in [-0.15, -0.1) is 0 Å². The van der Waals surface area contributed by atoms with Crippen LogP contribution in [-0.2, 0) is 11.4 Å². The largest absolute Gasteiger partial charge is 0.487 e. The standard InChI is InChI=1S/C26H30Cl2N4O3/c1-4-5-6-14-29-26(34)30-15-23(33)32(3)21-13-12-20(27)19(24(21)28)16-35-22-9-7-8-18-11-10-17(2)31-25(18)22/h7-13H,4-6,14-16H2,1-3H3,(H2,29,30,34). The number of hydrogen-bond donors (Lipinski definition) is 2. The molecule has 0 bridgehead atoms. The highest BCUT2D eigenvalue weighted by Crippen LogP contribution is 2.35. The first kappa shape index (κ1) is 26.6. The van der Waals surface area contributed by atoms with E-state index in [0.717, 1.165) is 35.9 Å². The van der Waals surface area contributed by atoms with Crippen LogP contribution >= 0.6 is 23.2 Å². The number of unbranched alkanes of at least 4 members (excludes halogenated alkanes) is 2. The van der Waals surface area contributed by atoms with Crippen molar-refractivity contribution in [3.8, 4) is 5.75 Å². The van der Waals surface area contributed by atoms with Crippen LogP contribution < -0.4 is 20.3 Å². The van der Waals surface area contributed by atoms with Gasteiger partial charge in [0.05, 0.1) is 17.3 Å². The minimum Gasteiger partial charge on any atom is -0.487 e. The van der Waals surface area contributed by atoms with E-state index in [-0.39, 0.29) is 25.1 Å². The quantitative estimate of drug-likeness (QED) is 0.329. The van der Waals surface area contributed by atoms with E-state index < -0.39 is 0 Å². The monoisotopic (exact) mass is 516 g/mol. The molecule has 0 aliphatic carbocycles. The number of aryl methyl sites for hydroxylation is 1. The fraction of sp³-hybridized carbons (Fsp3) is 0.346. The van der Waals surface area contributed by atoms with Crippen molar-refractivity contribution in [2.75, 3.05) is 25.0 Å². The molecule has 0 saturated heterocycles. The minimum atomic E-state index is -0.377. The van der Waals surface area contributed by atoms with Gasteiger partial charge < -0.3 is 20.3 Å². The number of carbonyl (C=O) groups excluding carboxylic acids is 2. The molecule has 0 atom stereocenters. The molecule has 3 rings (SSSR count). The fourth-order valence-corrected chi connectivity index (χ4v) is 4.12. The van der Waals surface area contributed by atoms with Gasteiger partial charge in [-0.3, -0.25) is 4.79 Å². The number of pyridine rings is 1. The molecular formula is C26H30Cl2N4O3. The van der Waals surface area contributed by atoms with Gasteiger partial charge in [0.15, 0.2) is 0 Å². The summed E-state index contributed by atoms with van der Waals surface area (Å²) in [6.07, 6.45) is 3.01. The highest BCUT2D eigenvalue weighted by Gasteiger charge is 2.19. The normalized spacial score (nSPS) is 10.8. The second-order valence-electron chi connectivity index (χ2n) is 8.20. The van der Waals surface area contributed by atoms with Crippen LogP contribution in [0.15, 0.2) is 42.5 Å². The van der Waals surface area contributed by atoms with Crippen molar-refractivity contribution in [1.29, 1.82) is 0 Å². The zero-order valence-electron chi connectivity index (χ0n) is 20.2. The summed E-state index contributed by atoms with van der Waals surface area (Å²) in [5.74, 6) is 0.292. The summed E-state index contributed by atoms with van der Waals surface area (Å²) >= 11 is 13.1. The van der Waals surface area contributed by atoms with E-state index in [4.69, 9.17) is 27.9 Å². The van der Waals surface area contributed by atoms with Crippen molar-refractivity contribution >= 4 is 51.7 Å². The third-order valence-electron chi connectivity index (χ3n) is 5.56. The summed E-state index contributed by atoms with van der Waals surface area (Å²) in [5, 5.41) is 7.02. The van der Waals surface area contributed by atoms with E-state index in [1.165, 1.54) is 4.90 Å². The van der Waals surface area contributed by atoms with Gasteiger partial charge in [0.1, 0.15) is 17.9 Å². The Balaban J connectivity index is 1.68. The molecule has 2 aromatic carbocycles. The van der Waals surface area contributed by atoms with E-state index in [1.54, 1.807) is 19.2 Å². The predicted molar refractivity (Wildman–Crippen MR) is 142 cm³/mol. The summed E-state index contributed by atoms with van der Waals surface area (Å²) in [6.45, 7) is 4.52. The van der Waals surface area contributed by atoms with Crippen LogP contribution in [0.5, 0.6) is 5.75 Å².